The Balaban J connectivity index is 1.71. The summed E-state index contributed by atoms with van der Waals surface area (Å²) in [5.74, 6) is -0.0742. The van der Waals surface area contributed by atoms with E-state index in [1.165, 1.54) is 6.42 Å². The lowest BCUT2D eigenvalue weighted by Gasteiger charge is -2.25. The van der Waals surface area contributed by atoms with E-state index in [4.69, 9.17) is 0 Å². The maximum Gasteiger partial charge on any atom is 0.239 e. The number of rotatable bonds is 3. The van der Waals surface area contributed by atoms with E-state index in [-0.39, 0.29) is 24.4 Å². The highest BCUT2D eigenvalue weighted by Crippen LogP contribution is 2.13. The molecule has 0 aromatic carbocycles. The maximum absolute atomic E-state index is 11.8. The number of hydrogen-bond acceptors (Lipinski definition) is 4. The highest BCUT2D eigenvalue weighted by atomic mass is 16.2. The van der Waals surface area contributed by atoms with Gasteiger partial charge in [-0.1, -0.05) is 0 Å². The Labute approximate surface area is 101 Å². The maximum atomic E-state index is 11.8. The first-order valence-corrected chi connectivity index (χ1v) is 6.15. The predicted molar refractivity (Wildman–Crippen MR) is 63.5 cm³/mol. The molecule has 2 unspecified atom stereocenters. The average molecular weight is 240 g/mol. The van der Waals surface area contributed by atoms with Gasteiger partial charge >= 0.3 is 0 Å². The minimum absolute atomic E-state index is 0.0229. The number of likely N-dealkylation sites (tertiary alicyclic amines) is 1. The second-order valence-electron chi connectivity index (χ2n) is 4.76. The smallest absolute Gasteiger partial charge is 0.239 e. The minimum atomic E-state index is -0.292. The first kappa shape index (κ1) is 12.3. The van der Waals surface area contributed by atoms with E-state index >= 15 is 0 Å². The van der Waals surface area contributed by atoms with Crippen LogP contribution in [0.25, 0.3) is 0 Å². The van der Waals surface area contributed by atoms with Gasteiger partial charge in [0, 0.05) is 19.1 Å². The van der Waals surface area contributed by atoms with E-state index in [1.54, 1.807) is 0 Å². The molecule has 2 aliphatic rings. The molecule has 2 saturated heterocycles. The SMILES string of the molecule is CN1CCCC1CNC(=O)C1CNC(=O)CN1. The molecule has 2 aliphatic heterocycles. The first-order valence-electron chi connectivity index (χ1n) is 6.15. The van der Waals surface area contributed by atoms with Crippen molar-refractivity contribution in [3.63, 3.8) is 0 Å². The topological polar surface area (TPSA) is 73.5 Å². The Morgan fingerprint density at radius 1 is 1.59 bits per heavy atom. The van der Waals surface area contributed by atoms with Gasteiger partial charge in [-0.3, -0.25) is 14.9 Å². The summed E-state index contributed by atoms with van der Waals surface area (Å²) < 4.78 is 0. The van der Waals surface area contributed by atoms with Crippen LogP contribution in [-0.4, -0.2) is 62.0 Å². The number of nitrogens with one attached hydrogen (secondary N) is 3. The lowest BCUT2D eigenvalue weighted by Crippen LogP contribution is -2.58. The third kappa shape index (κ3) is 3.17. The van der Waals surface area contributed by atoms with Gasteiger partial charge in [-0.25, -0.2) is 0 Å². The molecule has 2 rings (SSSR count). The van der Waals surface area contributed by atoms with Crippen LogP contribution in [0.3, 0.4) is 0 Å². The van der Waals surface area contributed by atoms with Crippen LogP contribution in [0.2, 0.25) is 0 Å². The zero-order valence-electron chi connectivity index (χ0n) is 10.2. The fourth-order valence-electron chi connectivity index (χ4n) is 2.33. The number of hydrogen-bond donors (Lipinski definition) is 3. The van der Waals surface area contributed by atoms with Crippen LogP contribution in [0.15, 0.2) is 0 Å². The monoisotopic (exact) mass is 240 g/mol. The molecule has 0 aromatic rings. The summed E-state index contributed by atoms with van der Waals surface area (Å²) in [6, 6.07) is 0.163. The van der Waals surface area contributed by atoms with Gasteiger partial charge in [0.2, 0.25) is 11.8 Å². The van der Waals surface area contributed by atoms with Crippen LogP contribution >= 0.6 is 0 Å². The highest BCUT2D eigenvalue weighted by molar-refractivity contribution is 5.86. The standard InChI is InChI=1S/C11H20N4O2/c1-15-4-2-3-8(15)5-14-11(17)9-6-13-10(16)7-12-9/h8-9,12H,2-7H2,1H3,(H,13,16)(H,14,17). The van der Waals surface area contributed by atoms with E-state index in [0.29, 0.717) is 19.1 Å². The minimum Gasteiger partial charge on any atom is -0.353 e. The Morgan fingerprint density at radius 3 is 3.00 bits per heavy atom. The molecular formula is C11H20N4O2. The number of likely N-dealkylation sites (N-methyl/N-ethyl adjacent to an activating group) is 1. The summed E-state index contributed by atoms with van der Waals surface area (Å²) in [6.45, 7) is 2.41. The van der Waals surface area contributed by atoms with E-state index in [0.717, 1.165) is 13.0 Å². The van der Waals surface area contributed by atoms with Crippen LogP contribution < -0.4 is 16.0 Å². The van der Waals surface area contributed by atoms with Crippen molar-refractivity contribution in [1.82, 2.24) is 20.9 Å². The second kappa shape index (κ2) is 5.46. The van der Waals surface area contributed by atoms with Crippen LogP contribution in [0, 0.1) is 0 Å². The van der Waals surface area contributed by atoms with Gasteiger partial charge in [0.05, 0.1) is 6.54 Å². The van der Waals surface area contributed by atoms with Crippen molar-refractivity contribution in [2.75, 3.05) is 33.2 Å². The van der Waals surface area contributed by atoms with Crippen molar-refractivity contribution >= 4 is 11.8 Å². The molecule has 96 valence electrons. The average Bonchev–Trinajstić information content (AvgIpc) is 2.73. The number of carbonyl (C=O) groups is 2. The fraction of sp³-hybridized carbons (Fsp3) is 0.818. The van der Waals surface area contributed by atoms with Gasteiger partial charge in [0.15, 0.2) is 0 Å². The summed E-state index contributed by atoms with van der Waals surface area (Å²) in [4.78, 5) is 25.0. The second-order valence-corrected chi connectivity index (χ2v) is 4.76. The normalized spacial score (nSPS) is 30.1. The van der Waals surface area contributed by atoms with Crippen molar-refractivity contribution < 1.29 is 9.59 Å². The molecule has 2 fully saturated rings. The molecule has 6 nitrogen and oxygen atoms in total. The highest BCUT2D eigenvalue weighted by Gasteiger charge is 2.26. The molecule has 0 aliphatic carbocycles. The molecule has 0 bridgehead atoms. The van der Waals surface area contributed by atoms with Gasteiger partial charge < -0.3 is 15.5 Å². The number of carbonyl (C=O) groups excluding carboxylic acids is 2. The Morgan fingerprint density at radius 2 is 2.41 bits per heavy atom. The third-order valence-corrected chi connectivity index (χ3v) is 3.51. The van der Waals surface area contributed by atoms with Crippen molar-refractivity contribution in [2.24, 2.45) is 0 Å². The van der Waals surface area contributed by atoms with Crippen molar-refractivity contribution in [3.8, 4) is 0 Å². The Kier molecular flexibility index (Phi) is 3.96. The van der Waals surface area contributed by atoms with E-state index in [1.807, 2.05) is 0 Å². The molecule has 0 radical (unpaired) electrons. The van der Waals surface area contributed by atoms with Crippen molar-refractivity contribution in [2.45, 2.75) is 24.9 Å². The molecule has 3 N–H and O–H groups in total. The number of amides is 2. The fourth-order valence-corrected chi connectivity index (χ4v) is 2.33. The predicted octanol–water partition coefficient (Wildman–Crippen LogP) is -1.72. The zero-order chi connectivity index (χ0) is 12.3. The van der Waals surface area contributed by atoms with Crippen molar-refractivity contribution in [1.29, 1.82) is 0 Å². The molecule has 2 heterocycles. The molecular weight excluding hydrogens is 220 g/mol. The van der Waals surface area contributed by atoms with Crippen LogP contribution in [0.4, 0.5) is 0 Å². The molecule has 17 heavy (non-hydrogen) atoms. The lowest BCUT2D eigenvalue weighted by atomic mass is 10.2. The van der Waals surface area contributed by atoms with E-state index < -0.39 is 0 Å². The van der Waals surface area contributed by atoms with E-state index in [9.17, 15) is 9.59 Å². The summed E-state index contributed by atoms with van der Waals surface area (Å²) in [6.07, 6.45) is 2.35. The quantitative estimate of drug-likeness (QED) is 0.549. The molecule has 0 spiro atoms. The molecule has 0 saturated carbocycles. The Hall–Kier alpha value is -1.14. The van der Waals surface area contributed by atoms with E-state index in [2.05, 4.69) is 27.9 Å². The van der Waals surface area contributed by atoms with Crippen LogP contribution in [0.1, 0.15) is 12.8 Å². The van der Waals surface area contributed by atoms with Gasteiger partial charge in [-0.2, -0.15) is 0 Å². The Bertz CT molecular complexity index is 298. The van der Waals surface area contributed by atoms with Gasteiger partial charge in [0.1, 0.15) is 6.04 Å². The molecule has 0 aromatic heterocycles. The zero-order valence-corrected chi connectivity index (χ0v) is 10.2. The molecule has 6 heteroatoms. The van der Waals surface area contributed by atoms with Gasteiger partial charge in [-0.05, 0) is 26.4 Å². The lowest BCUT2D eigenvalue weighted by molar-refractivity contribution is -0.126. The van der Waals surface area contributed by atoms with Crippen molar-refractivity contribution in [3.05, 3.63) is 0 Å². The first-order chi connectivity index (χ1) is 8.16. The summed E-state index contributed by atoms with van der Waals surface area (Å²) in [5, 5.41) is 8.54. The van der Waals surface area contributed by atoms with Gasteiger partial charge in [-0.15, -0.1) is 0 Å². The van der Waals surface area contributed by atoms with Gasteiger partial charge in [0.25, 0.3) is 0 Å². The molecule has 2 atom stereocenters. The summed E-state index contributed by atoms with van der Waals surface area (Å²) in [5.41, 5.74) is 0. The summed E-state index contributed by atoms with van der Waals surface area (Å²) >= 11 is 0. The van der Waals surface area contributed by atoms with Crippen LogP contribution in [-0.2, 0) is 9.59 Å². The van der Waals surface area contributed by atoms with Crippen LogP contribution in [0.5, 0.6) is 0 Å². The number of nitrogens with zero attached hydrogens (tertiary/aromatic N) is 1. The molecule has 2 amide bonds. The number of piperazine rings is 1. The largest absolute Gasteiger partial charge is 0.353 e. The third-order valence-electron chi connectivity index (χ3n) is 3.51. The summed E-state index contributed by atoms with van der Waals surface area (Å²) in [7, 11) is 2.09.